The third-order valence-corrected chi connectivity index (χ3v) is 2.77. The molecule has 0 atom stereocenters. The molecule has 0 spiro atoms. The van der Waals surface area contributed by atoms with Gasteiger partial charge in [0.25, 0.3) is 0 Å². The number of hydrogen-bond acceptors (Lipinski definition) is 2. The maximum atomic E-state index is 4.30. The van der Waals surface area contributed by atoms with E-state index in [-0.39, 0.29) is 0 Å². The lowest BCUT2D eigenvalue weighted by Gasteiger charge is -2.13. The van der Waals surface area contributed by atoms with Gasteiger partial charge in [-0.05, 0) is 25.5 Å². The molecule has 0 fully saturated rings. The van der Waals surface area contributed by atoms with Crippen molar-refractivity contribution in [2.45, 2.75) is 13.3 Å². The van der Waals surface area contributed by atoms with Crippen LogP contribution >= 0.6 is 0 Å². The number of aliphatic imine (C=N–C) groups is 1. The minimum atomic E-state index is 0.895. The largest absolute Gasteiger partial charge is 0.346 e. The molecule has 84 valence electrons. The molecule has 0 aliphatic carbocycles. The zero-order valence-corrected chi connectivity index (χ0v) is 9.59. The van der Waals surface area contributed by atoms with E-state index < -0.39 is 0 Å². The zero-order valence-electron chi connectivity index (χ0n) is 9.59. The monoisotopic (exact) mass is 215 g/mol. The highest BCUT2D eigenvalue weighted by molar-refractivity contribution is 5.80. The van der Waals surface area contributed by atoms with Gasteiger partial charge in [-0.25, -0.2) is 4.99 Å². The molecule has 0 aromatic carbocycles. The lowest BCUT2D eigenvalue weighted by atomic mass is 9.99. The van der Waals surface area contributed by atoms with E-state index in [0.717, 1.165) is 30.9 Å². The van der Waals surface area contributed by atoms with E-state index in [2.05, 4.69) is 27.9 Å². The second kappa shape index (κ2) is 4.94. The number of hydrogen-bond donors (Lipinski definition) is 2. The van der Waals surface area contributed by atoms with Crippen LogP contribution in [0.15, 0.2) is 23.8 Å². The van der Waals surface area contributed by atoms with Gasteiger partial charge in [-0.1, -0.05) is 18.7 Å². The molecule has 1 aromatic rings. The van der Waals surface area contributed by atoms with Gasteiger partial charge in [0.2, 0.25) is 0 Å². The SMILES string of the molecule is C=Cc1c(C2=CCNCC2)c[nH]c1/N=C\C. The summed E-state index contributed by atoms with van der Waals surface area (Å²) in [4.78, 5) is 7.49. The molecule has 1 aromatic heterocycles. The van der Waals surface area contributed by atoms with Gasteiger partial charge in [0.15, 0.2) is 0 Å². The van der Waals surface area contributed by atoms with Gasteiger partial charge in [-0.3, -0.25) is 0 Å². The van der Waals surface area contributed by atoms with E-state index in [1.165, 1.54) is 11.1 Å². The first kappa shape index (κ1) is 10.9. The average molecular weight is 215 g/mol. The summed E-state index contributed by atoms with van der Waals surface area (Å²) in [5.41, 5.74) is 3.71. The first-order valence-corrected chi connectivity index (χ1v) is 5.59. The van der Waals surface area contributed by atoms with Crippen molar-refractivity contribution < 1.29 is 0 Å². The van der Waals surface area contributed by atoms with Crippen LogP contribution in [0.4, 0.5) is 5.82 Å². The summed E-state index contributed by atoms with van der Waals surface area (Å²) in [6.07, 6.45) is 8.99. The molecule has 3 heteroatoms. The Labute approximate surface area is 96.0 Å². The van der Waals surface area contributed by atoms with Crippen LogP contribution in [0.25, 0.3) is 11.6 Å². The fraction of sp³-hybridized carbons (Fsp3) is 0.308. The lowest BCUT2D eigenvalue weighted by Crippen LogP contribution is -2.20. The van der Waals surface area contributed by atoms with Crippen molar-refractivity contribution in [3.63, 3.8) is 0 Å². The molecule has 0 amide bonds. The molecule has 1 aliphatic rings. The first-order chi connectivity index (χ1) is 7.86. The molecule has 0 radical (unpaired) electrons. The number of nitrogens with one attached hydrogen (secondary N) is 2. The summed E-state index contributed by atoms with van der Waals surface area (Å²) in [5, 5.41) is 3.31. The van der Waals surface area contributed by atoms with Crippen molar-refractivity contribution >= 4 is 23.7 Å². The lowest BCUT2D eigenvalue weighted by molar-refractivity contribution is 0.738. The molecule has 0 saturated carbocycles. The third kappa shape index (κ3) is 1.99. The van der Waals surface area contributed by atoms with Gasteiger partial charge in [-0.15, -0.1) is 0 Å². The van der Waals surface area contributed by atoms with Crippen LogP contribution in [0, 0.1) is 0 Å². The first-order valence-electron chi connectivity index (χ1n) is 5.59. The smallest absolute Gasteiger partial charge is 0.137 e. The Morgan fingerprint density at radius 2 is 2.38 bits per heavy atom. The van der Waals surface area contributed by atoms with Crippen LogP contribution in [-0.4, -0.2) is 24.3 Å². The van der Waals surface area contributed by atoms with E-state index in [4.69, 9.17) is 0 Å². The summed E-state index contributed by atoms with van der Waals surface area (Å²) < 4.78 is 0. The number of aromatic amines is 1. The summed E-state index contributed by atoms with van der Waals surface area (Å²) in [6.45, 7) is 7.77. The van der Waals surface area contributed by atoms with Crippen LogP contribution in [0.5, 0.6) is 0 Å². The standard InChI is InChI=1S/C13H17N3/c1-3-11-12(9-16-13(11)15-4-2)10-5-7-14-8-6-10/h3-5,9,14,16H,1,6-8H2,2H3/b15-4-. The Morgan fingerprint density at radius 3 is 3.00 bits per heavy atom. The molecular formula is C13H17N3. The van der Waals surface area contributed by atoms with Crippen LogP contribution in [0.2, 0.25) is 0 Å². The highest BCUT2D eigenvalue weighted by Crippen LogP contribution is 2.30. The van der Waals surface area contributed by atoms with Crippen molar-refractivity contribution in [3.05, 3.63) is 30.0 Å². The van der Waals surface area contributed by atoms with E-state index in [9.17, 15) is 0 Å². The van der Waals surface area contributed by atoms with Crippen LogP contribution in [0.1, 0.15) is 24.5 Å². The Kier molecular flexibility index (Phi) is 3.37. The van der Waals surface area contributed by atoms with E-state index in [1.807, 2.05) is 19.2 Å². The Bertz CT molecular complexity index is 438. The molecule has 16 heavy (non-hydrogen) atoms. The molecule has 0 unspecified atom stereocenters. The predicted molar refractivity (Wildman–Crippen MR) is 70.2 cm³/mol. The predicted octanol–water partition coefficient (Wildman–Crippen LogP) is 2.76. The highest BCUT2D eigenvalue weighted by atomic mass is 14.9. The third-order valence-electron chi connectivity index (χ3n) is 2.77. The second-order valence-electron chi connectivity index (χ2n) is 3.74. The van der Waals surface area contributed by atoms with E-state index in [0.29, 0.717) is 0 Å². The molecule has 2 heterocycles. The minimum absolute atomic E-state index is 0.895. The van der Waals surface area contributed by atoms with E-state index in [1.54, 1.807) is 6.21 Å². The van der Waals surface area contributed by atoms with Crippen molar-refractivity contribution in [1.29, 1.82) is 0 Å². The minimum Gasteiger partial charge on any atom is -0.346 e. The summed E-state index contributed by atoms with van der Waals surface area (Å²) in [7, 11) is 0. The van der Waals surface area contributed by atoms with Crippen molar-refractivity contribution in [1.82, 2.24) is 10.3 Å². The van der Waals surface area contributed by atoms with Gasteiger partial charge >= 0.3 is 0 Å². The van der Waals surface area contributed by atoms with Gasteiger partial charge < -0.3 is 10.3 Å². The van der Waals surface area contributed by atoms with Gasteiger partial charge in [-0.2, -0.15) is 0 Å². The molecular weight excluding hydrogens is 198 g/mol. The summed E-state index contributed by atoms with van der Waals surface area (Å²) in [5.74, 6) is 0.895. The maximum absolute atomic E-state index is 4.30. The molecule has 3 nitrogen and oxygen atoms in total. The number of rotatable bonds is 3. The highest BCUT2D eigenvalue weighted by Gasteiger charge is 2.12. The molecule has 1 aliphatic heterocycles. The Hall–Kier alpha value is -1.61. The Balaban J connectivity index is 2.40. The van der Waals surface area contributed by atoms with Crippen LogP contribution in [-0.2, 0) is 0 Å². The number of H-pyrrole nitrogens is 1. The molecule has 0 bridgehead atoms. The fourth-order valence-electron chi connectivity index (χ4n) is 2.00. The van der Waals surface area contributed by atoms with Gasteiger partial charge in [0, 0.05) is 30.1 Å². The molecule has 0 saturated heterocycles. The van der Waals surface area contributed by atoms with Crippen molar-refractivity contribution in [2.24, 2.45) is 4.99 Å². The maximum Gasteiger partial charge on any atom is 0.137 e. The van der Waals surface area contributed by atoms with Crippen molar-refractivity contribution in [2.75, 3.05) is 13.1 Å². The van der Waals surface area contributed by atoms with E-state index >= 15 is 0 Å². The van der Waals surface area contributed by atoms with Crippen LogP contribution < -0.4 is 5.32 Å². The average Bonchev–Trinajstić information content (AvgIpc) is 2.73. The van der Waals surface area contributed by atoms with Gasteiger partial charge in [0.1, 0.15) is 5.82 Å². The quantitative estimate of drug-likeness (QED) is 0.748. The zero-order chi connectivity index (χ0) is 11.4. The number of aromatic nitrogens is 1. The molecule has 2 N–H and O–H groups in total. The summed E-state index contributed by atoms with van der Waals surface area (Å²) >= 11 is 0. The fourth-order valence-corrected chi connectivity index (χ4v) is 2.00. The molecule has 2 rings (SSSR count). The van der Waals surface area contributed by atoms with Crippen molar-refractivity contribution in [3.8, 4) is 0 Å². The normalized spacial score (nSPS) is 16.4. The van der Waals surface area contributed by atoms with Gasteiger partial charge in [0.05, 0.1) is 0 Å². The topological polar surface area (TPSA) is 40.2 Å². The van der Waals surface area contributed by atoms with Crippen LogP contribution in [0.3, 0.4) is 0 Å². The second-order valence-corrected chi connectivity index (χ2v) is 3.74. The summed E-state index contributed by atoms with van der Waals surface area (Å²) in [6, 6.07) is 0. The Morgan fingerprint density at radius 1 is 1.50 bits per heavy atom. The number of nitrogens with zero attached hydrogens (tertiary/aromatic N) is 1.